The molecule has 1 atom stereocenters. The van der Waals surface area contributed by atoms with E-state index in [9.17, 15) is 9.59 Å². The van der Waals surface area contributed by atoms with Crippen molar-refractivity contribution in [2.24, 2.45) is 0 Å². The van der Waals surface area contributed by atoms with Crippen molar-refractivity contribution in [1.29, 1.82) is 0 Å². The van der Waals surface area contributed by atoms with E-state index in [1.54, 1.807) is 4.90 Å². The molecule has 1 aliphatic rings. The average molecular weight is 451 g/mol. The number of hydrogen-bond acceptors (Lipinski definition) is 3. The lowest BCUT2D eigenvalue weighted by Crippen LogP contribution is -2.52. The minimum Gasteiger partial charge on any atom is -0.484 e. The number of aryl methyl sites for hydroxylation is 3. The molecule has 2 aromatic carbocycles. The van der Waals surface area contributed by atoms with Crippen molar-refractivity contribution in [3.8, 4) is 5.75 Å². The molecule has 2 amide bonds. The van der Waals surface area contributed by atoms with Crippen molar-refractivity contribution in [1.82, 2.24) is 10.2 Å². The number of carbonyl (C=O) groups is 2. The molecule has 3 rings (SSSR count). The van der Waals surface area contributed by atoms with Crippen LogP contribution in [0, 0.1) is 20.8 Å². The smallest absolute Gasteiger partial charge is 0.261 e. The van der Waals surface area contributed by atoms with E-state index in [1.807, 2.05) is 64.1 Å². The molecule has 0 saturated heterocycles. The third-order valence-corrected chi connectivity index (χ3v) is 6.50. The minimum absolute atomic E-state index is 0.0577. The number of nitrogens with one attached hydrogen (secondary N) is 1. The number of rotatable bonds is 9. The molecule has 0 radical (unpaired) electrons. The first kappa shape index (κ1) is 24.8. The van der Waals surface area contributed by atoms with E-state index in [0.717, 1.165) is 47.9 Å². The Morgan fingerprint density at radius 1 is 1.03 bits per heavy atom. The summed E-state index contributed by atoms with van der Waals surface area (Å²) in [7, 11) is 0. The van der Waals surface area contributed by atoms with Gasteiger partial charge in [0.25, 0.3) is 5.91 Å². The van der Waals surface area contributed by atoms with Crippen LogP contribution in [0.25, 0.3) is 0 Å². The maximum absolute atomic E-state index is 13.4. The van der Waals surface area contributed by atoms with Gasteiger partial charge in [-0.2, -0.15) is 0 Å². The van der Waals surface area contributed by atoms with Crippen LogP contribution >= 0.6 is 0 Å². The normalized spacial score (nSPS) is 15.0. The van der Waals surface area contributed by atoms with E-state index < -0.39 is 6.04 Å². The van der Waals surface area contributed by atoms with Gasteiger partial charge in [0.1, 0.15) is 11.8 Å². The summed E-state index contributed by atoms with van der Waals surface area (Å²) in [6.45, 7) is 8.31. The van der Waals surface area contributed by atoms with E-state index >= 15 is 0 Å². The van der Waals surface area contributed by atoms with Gasteiger partial charge in [0.05, 0.1) is 0 Å². The zero-order valence-corrected chi connectivity index (χ0v) is 20.5. The van der Waals surface area contributed by atoms with Gasteiger partial charge in [0.15, 0.2) is 6.61 Å². The van der Waals surface area contributed by atoms with E-state index in [2.05, 4.69) is 11.4 Å². The van der Waals surface area contributed by atoms with Gasteiger partial charge in [-0.05, 0) is 74.4 Å². The van der Waals surface area contributed by atoms with Crippen LogP contribution < -0.4 is 10.1 Å². The molecule has 0 aliphatic heterocycles. The molecule has 5 heteroatoms. The van der Waals surface area contributed by atoms with Gasteiger partial charge in [0, 0.05) is 12.6 Å². The highest BCUT2D eigenvalue weighted by molar-refractivity contribution is 5.88. The third kappa shape index (κ3) is 7.08. The van der Waals surface area contributed by atoms with Gasteiger partial charge in [0.2, 0.25) is 5.91 Å². The zero-order chi connectivity index (χ0) is 23.8. The number of hydrogen-bond donors (Lipinski definition) is 1. The lowest BCUT2D eigenvalue weighted by molar-refractivity contribution is -0.143. The summed E-state index contributed by atoms with van der Waals surface area (Å²) in [4.78, 5) is 28.4. The van der Waals surface area contributed by atoms with Crippen LogP contribution in [0.3, 0.4) is 0 Å². The van der Waals surface area contributed by atoms with Crippen LogP contribution in [-0.4, -0.2) is 35.4 Å². The number of carbonyl (C=O) groups excluding carboxylic acids is 2. The SMILES string of the molecule is CC[C@H](C(=O)NC1CCCCC1)N(Cc1ccccc1C)C(=O)COc1cc(C)cc(C)c1. The average Bonchev–Trinajstić information content (AvgIpc) is 2.78. The van der Waals surface area contributed by atoms with E-state index in [4.69, 9.17) is 4.74 Å². The first-order chi connectivity index (χ1) is 15.9. The summed E-state index contributed by atoms with van der Waals surface area (Å²) < 4.78 is 5.88. The van der Waals surface area contributed by atoms with Gasteiger partial charge < -0.3 is 15.0 Å². The Morgan fingerprint density at radius 3 is 2.33 bits per heavy atom. The molecular formula is C28H38N2O3. The van der Waals surface area contributed by atoms with Gasteiger partial charge in [-0.3, -0.25) is 9.59 Å². The molecule has 5 nitrogen and oxygen atoms in total. The number of ether oxygens (including phenoxy) is 1. The van der Waals surface area contributed by atoms with E-state index in [0.29, 0.717) is 18.7 Å². The second-order valence-electron chi connectivity index (χ2n) is 9.33. The lowest BCUT2D eigenvalue weighted by atomic mass is 9.95. The van der Waals surface area contributed by atoms with Crippen LogP contribution in [0.4, 0.5) is 0 Å². The van der Waals surface area contributed by atoms with Gasteiger partial charge >= 0.3 is 0 Å². The Bertz CT molecular complexity index is 930. The summed E-state index contributed by atoms with van der Waals surface area (Å²) >= 11 is 0. The molecule has 1 N–H and O–H groups in total. The molecule has 1 saturated carbocycles. The van der Waals surface area contributed by atoms with Crippen LogP contribution in [0.2, 0.25) is 0 Å². The van der Waals surface area contributed by atoms with Crippen molar-refractivity contribution in [3.63, 3.8) is 0 Å². The second kappa shape index (κ2) is 11.9. The molecule has 0 aromatic heterocycles. The molecule has 1 aliphatic carbocycles. The predicted molar refractivity (Wildman–Crippen MR) is 132 cm³/mol. The van der Waals surface area contributed by atoms with Crippen LogP contribution in [-0.2, 0) is 16.1 Å². The van der Waals surface area contributed by atoms with Crippen LogP contribution in [0.1, 0.15) is 67.7 Å². The zero-order valence-electron chi connectivity index (χ0n) is 20.5. The molecule has 0 heterocycles. The molecule has 1 fully saturated rings. The van der Waals surface area contributed by atoms with Crippen molar-refractivity contribution in [2.75, 3.05) is 6.61 Å². The third-order valence-electron chi connectivity index (χ3n) is 6.50. The number of amides is 2. The Morgan fingerprint density at radius 2 is 1.70 bits per heavy atom. The quantitative estimate of drug-likeness (QED) is 0.568. The predicted octanol–water partition coefficient (Wildman–Crippen LogP) is 5.25. The second-order valence-corrected chi connectivity index (χ2v) is 9.33. The molecule has 33 heavy (non-hydrogen) atoms. The fourth-order valence-corrected chi connectivity index (χ4v) is 4.68. The van der Waals surface area contributed by atoms with Crippen LogP contribution in [0.15, 0.2) is 42.5 Å². The Kier molecular flexibility index (Phi) is 8.93. The van der Waals surface area contributed by atoms with Gasteiger partial charge in [-0.15, -0.1) is 0 Å². The molecular weight excluding hydrogens is 412 g/mol. The summed E-state index contributed by atoms with van der Waals surface area (Å²) in [6.07, 6.45) is 6.12. The first-order valence-corrected chi connectivity index (χ1v) is 12.2. The molecule has 0 spiro atoms. The highest BCUT2D eigenvalue weighted by Gasteiger charge is 2.30. The van der Waals surface area contributed by atoms with Crippen molar-refractivity contribution >= 4 is 11.8 Å². The standard InChI is InChI=1S/C28H38N2O3/c1-5-26(28(32)29-24-13-7-6-8-14-24)30(18-23-12-10-9-11-22(23)4)27(31)19-33-25-16-20(2)15-21(3)17-25/h9-12,15-17,24,26H,5-8,13-14,18-19H2,1-4H3,(H,29,32)/t26-/m1/s1. The summed E-state index contributed by atoms with van der Waals surface area (Å²) in [5.41, 5.74) is 4.33. The maximum Gasteiger partial charge on any atom is 0.261 e. The highest BCUT2D eigenvalue weighted by atomic mass is 16.5. The molecule has 0 bridgehead atoms. The molecule has 178 valence electrons. The monoisotopic (exact) mass is 450 g/mol. The van der Waals surface area contributed by atoms with Gasteiger partial charge in [-0.25, -0.2) is 0 Å². The number of nitrogens with zero attached hydrogens (tertiary/aromatic N) is 1. The van der Waals surface area contributed by atoms with Crippen molar-refractivity contribution < 1.29 is 14.3 Å². The highest BCUT2D eigenvalue weighted by Crippen LogP contribution is 2.21. The number of benzene rings is 2. The molecule has 2 aromatic rings. The van der Waals surface area contributed by atoms with Crippen molar-refractivity contribution in [3.05, 3.63) is 64.7 Å². The Hall–Kier alpha value is -2.82. The van der Waals surface area contributed by atoms with Gasteiger partial charge in [-0.1, -0.05) is 56.5 Å². The summed E-state index contributed by atoms with van der Waals surface area (Å²) in [6, 6.07) is 13.6. The first-order valence-electron chi connectivity index (χ1n) is 12.2. The fourth-order valence-electron chi connectivity index (χ4n) is 4.68. The Balaban J connectivity index is 1.78. The van der Waals surface area contributed by atoms with Crippen LogP contribution in [0.5, 0.6) is 5.75 Å². The lowest BCUT2D eigenvalue weighted by Gasteiger charge is -2.33. The minimum atomic E-state index is -0.526. The summed E-state index contributed by atoms with van der Waals surface area (Å²) in [5.74, 6) is 0.442. The van der Waals surface area contributed by atoms with Crippen molar-refractivity contribution in [2.45, 2.75) is 84.8 Å². The maximum atomic E-state index is 13.4. The largest absolute Gasteiger partial charge is 0.484 e. The molecule has 0 unspecified atom stereocenters. The van der Waals surface area contributed by atoms with E-state index in [1.165, 1.54) is 6.42 Å². The van der Waals surface area contributed by atoms with E-state index in [-0.39, 0.29) is 24.5 Å². The topological polar surface area (TPSA) is 58.6 Å². The fraction of sp³-hybridized carbons (Fsp3) is 0.500. The summed E-state index contributed by atoms with van der Waals surface area (Å²) in [5, 5.41) is 3.22. The Labute approximate surface area is 198 Å².